The monoisotopic (exact) mass is 483 g/mol. The van der Waals surface area contributed by atoms with Gasteiger partial charge in [0, 0.05) is 17.7 Å². The second kappa shape index (κ2) is 9.34. The normalized spacial score (nSPS) is 21.8. The molecule has 1 aliphatic heterocycles. The highest BCUT2D eigenvalue weighted by molar-refractivity contribution is 6.34. The predicted octanol–water partition coefficient (Wildman–Crippen LogP) is 3.91. The SMILES string of the molecule is C[C@@H]1CC[C@@H]2C(=O)N(N(CC(=O)c3cccc([N+](=O)[O-])c3)C(=O)c3ccccc3Cl)C(=O)[C@H]2C1. The van der Waals surface area contributed by atoms with Gasteiger partial charge in [-0.3, -0.25) is 29.3 Å². The minimum Gasteiger partial charge on any atom is -0.292 e. The molecule has 1 saturated carbocycles. The molecule has 1 heterocycles. The molecule has 3 atom stereocenters. The van der Waals surface area contributed by atoms with Crippen LogP contribution in [0.15, 0.2) is 48.5 Å². The number of nitro benzene ring substituents is 1. The average Bonchev–Trinajstić information content (AvgIpc) is 3.06. The van der Waals surface area contributed by atoms with Crippen molar-refractivity contribution < 1.29 is 24.1 Å². The number of ketones is 1. The van der Waals surface area contributed by atoms with Crippen molar-refractivity contribution in [1.29, 1.82) is 0 Å². The van der Waals surface area contributed by atoms with Gasteiger partial charge in [0.25, 0.3) is 23.4 Å². The maximum atomic E-state index is 13.5. The molecule has 0 radical (unpaired) electrons. The summed E-state index contributed by atoms with van der Waals surface area (Å²) in [6.45, 7) is 1.35. The number of hydrazine groups is 1. The first kappa shape index (κ1) is 23.6. The van der Waals surface area contributed by atoms with E-state index >= 15 is 0 Å². The highest BCUT2D eigenvalue weighted by Gasteiger charge is 2.53. The van der Waals surface area contributed by atoms with Crippen molar-refractivity contribution in [3.63, 3.8) is 0 Å². The maximum Gasteiger partial charge on any atom is 0.274 e. The summed E-state index contributed by atoms with van der Waals surface area (Å²) < 4.78 is 0. The van der Waals surface area contributed by atoms with Crippen molar-refractivity contribution >= 4 is 40.8 Å². The van der Waals surface area contributed by atoms with E-state index in [9.17, 15) is 29.3 Å². The fourth-order valence-corrected chi connectivity index (χ4v) is 4.85. The number of imide groups is 1. The first-order valence-corrected chi connectivity index (χ1v) is 11.3. The van der Waals surface area contributed by atoms with Gasteiger partial charge in [-0.15, -0.1) is 0 Å². The molecule has 0 N–H and O–H groups in total. The number of carbonyl (C=O) groups is 4. The summed E-state index contributed by atoms with van der Waals surface area (Å²) in [6.07, 6.45) is 1.84. The largest absolute Gasteiger partial charge is 0.292 e. The van der Waals surface area contributed by atoms with E-state index in [-0.39, 0.29) is 27.8 Å². The number of Topliss-reactive ketones (excluding diaryl/α,β-unsaturated/α-hetero) is 1. The van der Waals surface area contributed by atoms with E-state index in [4.69, 9.17) is 11.6 Å². The molecule has 1 aliphatic carbocycles. The molecular weight excluding hydrogens is 462 g/mol. The van der Waals surface area contributed by atoms with Crippen molar-refractivity contribution in [3.8, 4) is 0 Å². The third kappa shape index (κ3) is 4.31. The van der Waals surface area contributed by atoms with Crippen molar-refractivity contribution in [3.05, 3.63) is 74.8 Å². The Morgan fingerprint density at radius 2 is 1.79 bits per heavy atom. The zero-order valence-electron chi connectivity index (χ0n) is 18.3. The maximum absolute atomic E-state index is 13.5. The molecule has 3 amide bonds. The molecule has 2 aromatic carbocycles. The molecule has 0 unspecified atom stereocenters. The van der Waals surface area contributed by atoms with Gasteiger partial charge in [-0.05, 0) is 37.3 Å². The third-order valence-corrected chi connectivity index (χ3v) is 6.75. The van der Waals surface area contributed by atoms with Gasteiger partial charge in [0.05, 0.1) is 27.3 Å². The van der Waals surface area contributed by atoms with Crippen molar-refractivity contribution in [1.82, 2.24) is 10.0 Å². The summed E-state index contributed by atoms with van der Waals surface area (Å²) in [7, 11) is 0. The number of fused-ring (bicyclic) bond motifs is 1. The van der Waals surface area contributed by atoms with Gasteiger partial charge in [0.1, 0.15) is 6.54 Å². The molecule has 4 rings (SSSR count). The van der Waals surface area contributed by atoms with Gasteiger partial charge in [-0.1, -0.05) is 42.8 Å². The van der Waals surface area contributed by atoms with E-state index in [0.29, 0.717) is 12.8 Å². The van der Waals surface area contributed by atoms with E-state index in [1.807, 2.05) is 6.92 Å². The minimum absolute atomic E-state index is 0.0173. The quantitative estimate of drug-likeness (QED) is 0.266. The summed E-state index contributed by atoms with van der Waals surface area (Å²) >= 11 is 6.20. The molecule has 10 heteroatoms. The fraction of sp³-hybridized carbons (Fsp3) is 0.333. The van der Waals surface area contributed by atoms with Crippen LogP contribution in [0.1, 0.15) is 46.9 Å². The summed E-state index contributed by atoms with van der Waals surface area (Å²) in [5.74, 6) is -3.31. The van der Waals surface area contributed by atoms with Crippen molar-refractivity contribution in [2.24, 2.45) is 17.8 Å². The van der Waals surface area contributed by atoms with E-state index in [2.05, 4.69) is 0 Å². The second-order valence-electron chi connectivity index (χ2n) is 8.69. The number of benzene rings is 2. The highest BCUT2D eigenvalue weighted by Crippen LogP contribution is 2.41. The Morgan fingerprint density at radius 1 is 1.09 bits per heavy atom. The standard InChI is InChI=1S/C24H22ClN3O6/c1-14-9-10-17-19(11-14)24(32)27(23(17)31)26(22(30)18-7-2-3-8-20(18)25)13-21(29)15-5-4-6-16(12-15)28(33)34/h2-8,12,14,17,19H,9-11,13H2,1H3/t14-,17+,19+/m1/s1. The number of amides is 3. The van der Waals surface area contributed by atoms with Crippen molar-refractivity contribution in [2.45, 2.75) is 26.2 Å². The Kier molecular flexibility index (Phi) is 6.47. The zero-order chi connectivity index (χ0) is 24.6. The van der Waals surface area contributed by atoms with Gasteiger partial charge in [-0.2, -0.15) is 5.01 Å². The van der Waals surface area contributed by atoms with Gasteiger partial charge in [-0.25, -0.2) is 5.01 Å². The van der Waals surface area contributed by atoms with Gasteiger partial charge in [0.2, 0.25) is 0 Å². The van der Waals surface area contributed by atoms with Gasteiger partial charge >= 0.3 is 0 Å². The van der Waals surface area contributed by atoms with Crippen LogP contribution in [0.5, 0.6) is 0 Å². The van der Waals surface area contributed by atoms with Crippen LogP contribution in [-0.2, 0) is 9.59 Å². The second-order valence-corrected chi connectivity index (χ2v) is 9.10. The van der Waals surface area contributed by atoms with E-state index in [1.165, 1.54) is 30.3 Å². The molecule has 176 valence electrons. The van der Waals surface area contributed by atoms with Crippen molar-refractivity contribution in [2.75, 3.05) is 6.54 Å². The lowest BCUT2D eigenvalue weighted by Crippen LogP contribution is -2.52. The third-order valence-electron chi connectivity index (χ3n) is 6.42. The lowest BCUT2D eigenvalue weighted by atomic mass is 9.76. The van der Waals surface area contributed by atoms with Crippen LogP contribution in [0, 0.1) is 27.9 Å². The Hall–Kier alpha value is -3.59. The molecule has 2 aliphatic rings. The molecular formula is C24H22ClN3O6. The average molecular weight is 484 g/mol. The van der Waals surface area contributed by atoms with Crippen LogP contribution in [-0.4, -0.2) is 45.0 Å². The van der Waals surface area contributed by atoms with E-state index < -0.39 is 46.8 Å². The van der Waals surface area contributed by atoms with E-state index in [1.54, 1.807) is 12.1 Å². The predicted molar refractivity (Wildman–Crippen MR) is 122 cm³/mol. The molecule has 0 spiro atoms. The number of non-ortho nitro benzene ring substituents is 1. The lowest BCUT2D eigenvalue weighted by molar-refractivity contribution is -0.384. The van der Waals surface area contributed by atoms with Crippen LogP contribution in [0.25, 0.3) is 0 Å². The number of nitrogens with zero attached hydrogens (tertiary/aromatic N) is 3. The summed E-state index contributed by atoms with van der Waals surface area (Å²) in [5.41, 5.74) is -0.278. The topological polar surface area (TPSA) is 118 Å². The van der Waals surface area contributed by atoms with E-state index in [0.717, 1.165) is 22.5 Å². The summed E-state index contributed by atoms with van der Waals surface area (Å²) in [6, 6.07) is 11.2. The first-order chi connectivity index (χ1) is 16.2. The highest BCUT2D eigenvalue weighted by atomic mass is 35.5. The van der Waals surface area contributed by atoms with Gasteiger partial charge in [0.15, 0.2) is 5.78 Å². The first-order valence-electron chi connectivity index (χ1n) is 10.9. The fourth-order valence-electron chi connectivity index (χ4n) is 4.64. The molecule has 34 heavy (non-hydrogen) atoms. The number of rotatable bonds is 6. The Bertz CT molecular complexity index is 1200. The molecule has 2 aromatic rings. The number of halogens is 1. The zero-order valence-corrected chi connectivity index (χ0v) is 19.1. The van der Waals surface area contributed by atoms with Crippen LogP contribution < -0.4 is 0 Å². The number of hydrogen-bond acceptors (Lipinski definition) is 6. The minimum atomic E-state index is -0.780. The molecule has 0 aromatic heterocycles. The lowest BCUT2D eigenvalue weighted by Gasteiger charge is -2.30. The van der Waals surface area contributed by atoms with Gasteiger partial charge < -0.3 is 0 Å². The smallest absolute Gasteiger partial charge is 0.274 e. The van der Waals surface area contributed by atoms with Crippen LogP contribution in [0.3, 0.4) is 0 Å². The molecule has 9 nitrogen and oxygen atoms in total. The number of carbonyl (C=O) groups excluding carboxylic acids is 4. The molecule has 0 bridgehead atoms. The Balaban J connectivity index is 1.71. The molecule has 1 saturated heterocycles. The summed E-state index contributed by atoms with van der Waals surface area (Å²) in [5, 5.41) is 12.8. The summed E-state index contributed by atoms with van der Waals surface area (Å²) in [4.78, 5) is 63.6. The Morgan fingerprint density at radius 3 is 2.50 bits per heavy atom. The molecule has 2 fully saturated rings. The number of hydrogen-bond donors (Lipinski definition) is 0. The Labute approximate surface area is 200 Å². The van der Waals surface area contributed by atoms with Crippen LogP contribution in [0.2, 0.25) is 5.02 Å². The number of nitro groups is 1. The van der Waals surface area contributed by atoms with Crippen LogP contribution >= 0.6 is 11.6 Å². The van der Waals surface area contributed by atoms with Crippen LogP contribution in [0.4, 0.5) is 5.69 Å².